The number of aromatic amines is 1. The molecule has 258 valence electrons. The summed E-state index contributed by atoms with van der Waals surface area (Å²) in [5.41, 5.74) is 2.55. The Labute approximate surface area is 282 Å². The number of hydrogen-bond acceptors (Lipinski definition) is 6. The van der Waals surface area contributed by atoms with Crippen molar-refractivity contribution in [3.63, 3.8) is 0 Å². The molecule has 0 radical (unpaired) electrons. The van der Waals surface area contributed by atoms with Crippen molar-refractivity contribution >= 4 is 42.8 Å². The van der Waals surface area contributed by atoms with Crippen LogP contribution >= 0.6 is 0 Å². The normalized spacial score (nSPS) is 13.5. The van der Waals surface area contributed by atoms with E-state index in [-0.39, 0.29) is 48.1 Å². The van der Waals surface area contributed by atoms with Gasteiger partial charge in [0.05, 0.1) is 16.2 Å². The first kappa shape index (κ1) is 36.8. The third-order valence-electron chi connectivity index (χ3n) is 8.02. The Bertz CT molecular complexity index is 1890. The predicted octanol–water partition coefficient (Wildman–Crippen LogP) is 4.84. The van der Waals surface area contributed by atoms with Crippen LogP contribution in [0.15, 0.2) is 94.9 Å². The number of nitrogens with zero attached hydrogens (tertiary/aromatic N) is 1. The van der Waals surface area contributed by atoms with Gasteiger partial charge in [-0.3, -0.25) is 9.59 Å². The van der Waals surface area contributed by atoms with Gasteiger partial charge in [-0.2, -0.15) is 9.03 Å². The SMILES string of the molecule is Cc1ccc(S(=O)(=O)N(CC(C)C)[C@@H](CCCCNC(=O)[C@H](Cc2c[nH]c3ccccc23)NS(=O)(=O)c2ccccc2)CC(=O)O)cc1. The lowest BCUT2D eigenvalue weighted by Gasteiger charge is -2.31. The second-order valence-corrected chi connectivity index (χ2v) is 16.0. The van der Waals surface area contributed by atoms with Crippen LogP contribution in [0.25, 0.3) is 10.9 Å². The number of hydrogen-bond donors (Lipinski definition) is 4. The van der Waals surface area contributed by atoms with Crippen LogP contribution < -0.4 is 10.0 Å². The molecule has 0 aliphatic carbocycles. The standard InChI is InChI=1S/C35H44N4O7S2/c1-25(2)24-39(48(45,46)30-18-16-26(3)17-19-30)28(22-34(40)41)11-9-10-20-36-35(42)33(38-47(43,44)29-12-5-4-6-13-29)21-27-23-37-32-15-8-7-14-31(27)32/h4-8,12-19,23,25,28,33,37-38H,9-11,20-22,24H2,1-3H3,(H,36,42)(H,40,41)/t28-,33-/m0/s1. The van der Waals surface area contributed by atoms with Crippen molar-refractivity contribution in [2.75, 3.05) is 13.1 Å². The molecule has 0 unspecified atom stereocenters. The highest BCUT2D eigenvalue weighted by Crippen LogP contribution is 2.25. The molecule has 3 aromatic carbocycles. The highest BCUT2D eigenvalue weighted by atomic mass is 32.2. The molecule has 0 bridgehead atoms. The predicted molar refractivity (Wildman–Crippen MR) is 185 cm³/mol. The number of carbonyl (C=O) groups is 2. The molecule has 48 heavy (non-hydrogen) atoms. The van der Waals surface area contributed by atoms with Crippen LogP contribution in [-0.2, 0) is 36.1 Å². The number of rotatable bonds is 18. The number of unbranched alkanes of at least 4 members (excludes halogenated alkanes) is 1. The van der Waals surface area contributed by atoms with Gasteiger partial charge in [-0.1, -0.05) is 74.4 Å². The highest BCUT2D eigenvalue weighted by Gasteiger charge is 2.33. The fourth-order valence-corrected chi connectivity index (χ4v) is 8.64. The van der Waals surface area contributed by atoms with Gasteiger partial charge in [0, 0.05) is 36.2 Å². The van der Waals surface area contributed by atoms with E-state index in [0.29, 0.717) is 12.8 Å². The number of nitrogens with one attached hydrogen (secondary N) is 3. The zero-order chi connectivity index (χ0) is 34.9. The molecule has 0 aliphatic rings. The summed E-state index contributed by atoms with van der Waals surface area (Å²) < 4.78 is 57.7. The summed E-state index contributed by atoms with van der Waals surface area (Å²) in [5.74, 6) is -1.66. The van der Waals surface area contributed by atoms with Crippen molar-refractivity contribution in [2.45, 2.75) is 74.7 Å². The third kappa shape index (κ3) is 9.75. The summed E-state index contributed by atoms with van der Waals surface area (Å²) in [6.07, 6.45) is 2.62. The van der Waals surface area contributed by atoms with Crippen molar-refractivity contribution in [1.29, 1.82) is 0 Å². The first-order chi connectivity index (χ1) is 22.8. The second-order valence-electron chi connectivity index (χ2n) is 12.4. The zero-order valence-corrected chi connectivity index (χ0v) is 29.1. The minimum absolute atomic E-state index is 0.0396. The van der Waals surface area contributed by atoms with Crippen LogP contribution in [0.3, 0.4) is 0 Å². The van der Waals surface area contributed by atoms with E-state index in [1.807, 2.05) is 45.0 Å². The van der Waals surface area contributed by atoms with Crippen LogP contribution in [0.5, 0.6) is 0 Å². The summed E-state index contributed by atoms with van der Waals surface area (Å²) in [5, 5.41) is 13.4. The van der Waals surface area contributed by atoms with E-state index in [9.17, 15) is 31.5 Å². The number of aryl methyl sites for hydroxylation is 1. The minimum Gasteiger partial charge on any atom is -0.481 e. The van der Waals surface area contributed by atoms with Crippen LogP contribution in [0.4, 0.5) is 0 Å². The molecule has 1 aromatic heterocycles. The summed E-state index contributed by atoms with van der Waals surface area (Å²) in [6, 6.07) is 20.0. The van der Waals surface area contributed by atoms with Crippen LogP contribution in [-0.4, -0.2) is 68.3 Å². The van der Waals surface area contributed by atoms with Crippen molar-refractivity contribution < 1.29 is 31.5 Å². The Balaban J connectivity index is 1.45. The second kappa shape index (κ2) is 16.4. The van der Waals surface area contributed by atoms with Gasteiger partial charge >= 0.3 is 5.97 Å². The summed E-state index contributed by atoms with van der Waals surface area (Å²) >= 11 is 0. The molecular weight excluding hydrogens is 653 g/mol. The maximum Gasteiger partial charge on any atom is 0.304 e. The minimum atomic E-state index is -4.02. The highest BCUT2D eigenvalue weighted by molar-refractivity contribution is 7.89. The number of aliphatic carboxylic acids is 1. The fourth-order valence-electron chi connectivity index (χ4n) is 5.60. The fraction of sp³-hybridized carbons (Fsp3) is 0.371. The van der Waals surface area contributed by atoms with Crippen molar-refractivity contribution in [3.8, 4) is 0 Å². The number of fused-ring (bicyclic) bond motifs is 1. The monoisotopic (exact) mass is 696 g/mol. The Morgan fingerprint density at radius 1 is 0.875 bits per heavy atom. The van der Waals surface area contributed by atoms with Gasteiger partial charge in [-0.25, -0.2) is 16.8 Å². The van der Waals surface area contributed by atoms with E-state index >= 15 is 0 Å². The molecule has 13 heteroatoms. The number of carboxylic acids is 1. The largest absolute Gasteiger partial charge is 0.481 e. The molecule has 2 atom stereocenters. The van der Waals surface area contributed by atoms with Gasteiger partial charge in [0.15, 0.2) is 0 Å². The van der Waals surface area contributed by atoms with Crippen molar-refractivity contribution in [3.05, 3.63) is 96.2 Å². The Morgan fingerprint density at radius 3 is 2.21 bits per heavy atom. The molecule has 0 aliphatic heterocycles. The van der Waals surface area contributed by atoms with Gasteiger partial charge in [0.25, 0.3) is 0 Å². The number of carbonyl (C=O) groups excluding carboxylic acids is 1. The number of H-pyrrole nitrogens is 1. The molecular formula is C35H44N4O7S2. The van der Waals surface area contributed by atoms with Crippen LogP contribution in [0, 0.1) is 12.8 Å². The Morgan fingerprint density at radius 2 is 1.54 bits per heavy atom. The van der Waals surface area contributed by atoms with Gasteiger partial charge in [-0.05, 0) is 68.0 Å². The first-order valence-corrected chi connectivity index (χ1v) is 18.9. The average molecular weight is 697 g/mol. The molecule has 0 fully saturated rings. The molecule has 1 heterocycles. The molecule has 4 rings (SSSR count). The van der Waals surface area contributed by atoms with E-state index in [4.69, 9.17) is 0 Å². The summed E-state index contributed by atoms with van der Waals surface area (Å²) in [7, 11) is -7.99. The Kier molecular flexibility index (Phi) is 12.6. The number of carboxylic acid groups (broad SMARTS) is 1. The summed E-state index contributed by atoms with van der Waals surface area (Å²) in [6.45, 7) is 5.96. The van der Waals surface area contributed by atoms with E-state index in [2.05, 4.69) is 15.0 Å². The first-order valence-electron chi connectivity index (χ1n) is 16.0. The van der Waals surface area contributed by atoms with Gasteiger partial charge in [-0.15, -0.1) is 0 Å². The molecule has 11 nitrogen and oxygen atoms in total. The third-order valence-corrected chi connectivity index (χ3v) is 11.4. The van der Waals surface area contributed by atoms with Gasteiger partial charge < -0.3 is 15.4 Å². The van der Waals surface area contributed by atoms with Gasteiger partial charge in [0.2, 0.25) is 26.0 Å². The van der Waals surface area contributed by atoms with E-state index in [1.165, 1.54) is 28.6 Å². The smallest absolute Gasteiger partial charge is 0.304 e. The topological polar surface area (TPSA) is 166 Å². The van der Waals surface area contributed by atoms with E-state index in [0.717, 1.165) is 22.0 Å². The average Bonchev–Trinajstić information content (AvgIpc) is 3.45. The molecule has 4 aromatic rings. The number of amides is 1. The van der Waals surface area contributed by atoms with E-state index in [1.54, 1.807) is 36.5 Å². The number of benzene rings is 3. The zero-order valence-electron chi connectivity index (χ0n) is 27.4. The maximum atomic E-state index is 13.7. The number of para-hydroxylation sites is 1. The quantitative estimate of drug-likeness (QED) is 0.108. The molecule has 0 saturated heterocycles. The Hall–Kier alpha value is -4.04. The molecule has 0 spiro atoms. The van der Waals surface area contributed by atoms with E-state index < -0.39 is 44.0 Å². The van der Waals surface area contributed by atoms with Crippen LogP contribution in [0.2, 0.25) is 0 Å². The molecule has 0 saturated carbocycles. The number of aromatic nitrogens is 1. The van der Waals surface area contributed by atoms with Crippen molar-refractivity contribution in [2.24, 2.45) is 5.92 Å². The lowest BCUT2D eigenvalue weighted by atomic mass is 10.0. The number of sulfonamides is 2. The lowest BCUT2D eigenvalue weighted by molar-refractivity contribution is -0.138. The molecule has 4 N–H and O–H groups in total. The van der Waals surface area contributed by atoms with Gasteiger partial charge in [0.1, 0.15) is 6.04 Å². The summed E-state index contributed by atoms with van der Waals surface area (Å²) in [4.78, 5) is 28.6. The lowest BCUT2D eigenvalue weighted by Crippen LogP contribution is -2.48. The van der Waals surface area contributed by atoms with Crippen molar-refractivity contribution in [1.82, 2.24) is 19.3 Å². The van der Waals surface area contributed by atoms with Crippen LogP contribution in [0.1, 0.15) is 50.7 Å². The molecule has 1 amide bonds. The maximum absolute atomic E-state index is 13.7.